The van der Waals surface area contributed by atoms with E-state index in [-0.39, 0.29) is 29.3 Å². The van der Waals surface area contributed by atoms with Gasteiger partial charge in [-0.05, 0) is 51.0 Å². The Kier molecular flexibility index (Phi) is 7.68. The number of aromatic nitrogens is 1. The van der Waals surface area contributed by atoms with Crippen LogP contribution in [0.1, 0.15) is 42.4 Å². The molecule has 0 radical (unpaired) electrons. The number of carbonyl (C=O) groups is 1. The third-order valence-electron chi connectivity index (χ3n) is 4.34. The van der Waals surface area contributed by atoms with Gasteiger partial charge in [-0.3, -0.25) is 9.78 Å². The lowest BCUT2D eigenvalue weighted by Crippen LogP contribution is -2.42. The molecule has 8 heteroatoms. The molecule has 29 heavy (non-hydrogen) atoms. The van der Waals surface area contributed by atoms with E-state index in [1.165, 1.54) is 13.2 Å². The Hall–Kier alpha value is -2.09. The van der Waals surface area contributed by atoms with Gasteiger partial charge in [0.15, 0.2) is 0 Å². The van der Waals surface area contributed by atoms with Crippen LogP contribution in [0.25, 0.3) is 0 Å². The molecule has 1 aromatic heterocycles. The number of nitrogens with one attached hydrogen (secondary N) is 1. The fraction of sp³-hybridized carbons (Fsp3) is 0.429. The zero-order chi connectivity index (χ0) is 21.8. The lowest BCUT2D eigenvalue weighted by atomic mass is 9.96. The van der Waals surface area contributed by atoms with Crippen molar-refractivity contribution in [1.82, 2.24) is 10.3 Å². The number of pyridine rings is 1. The van der Waals surface area contributed by atoms with Crippen LogP contribution in [0.15, 0.2) is 30.5 Å². The molecule has 5 nitrogen and oxygen atoms in total. The number of halogens is 3. The van der Waals surface area contributed by atoms with Crippen LogP contribution >= 0.6 is 11.6 Å². The number of nitrogens with two attached hydrogens (primary N) is 1. The van der Waals surface area contributed by atoms with E-state index in [2.05, 4.69) is 10.3 Å². The van der Waals surface area contributed by atoms with Crippen LogP contribution in [0.5, 0.6) is 0 Å². The third kappa shape index (κ3) is 6.45. The molecule has 0 spiro atoms. The van der Waals surface area contributed by atoms with E-state index in [9.17, 15) is 13.6 Å². The second kappa shape index (κ2) is 9.61. The van der Waals surface area contributed by atoms with Crippen molar-refractivity contribution < 1.29 is 18.3 Å². The van der Waals surface area contributed by atoms with Gasteiger partial charge in [-0.2, -0.15) is 0 Å². The SMILES string of the molecule is COC(Cc1ncccc1C(=O)NC(C)(C)C)C(N)Cc1cc(Cl)c(F)cc1F. The Labute approximate surface area is 174 Å². The molecule has 2 unspecified atom stereocenters. The molecule has 2 rings (SSSR count). The van der Waals surface area contributed by atoms with Crippen molar-refractivity contribution in [2.75, 3.05) is 7.11 Å². The van der Waals surface area contributed by atoms with E-state index in [0.29, 0.717) is 11.3 Å². The van der Waals surface area contributed by atoms with Crippen molar-refractivity contribution >= 4 is 17.5 Å². The normalized spacial score (nSPS) is 13.8. The monoisotopic (exact) mass is 425 g/mol. The highest BCUT2D eigenvalue weighted by molar-refractivity contribution is 6.30. The summed E-state index contributed by atoms with van der Waals surface area (Å²) >= 11 is 5.75. The number of rotatable bonds is 7. The first kappa shape index (κ1) is 23.2. The number of hydrogen-bond donors (Lipinski definition) is 2. The minimum absolute atomic E-state index is 0.0840. The molecule has 2 atom stereocenters. The number of carbonyl (C=O) groups excluding carboxylic acids is 1. The number of ether oxygens (including phenoxy) is 1. The molecule has 2 aromatic rings. The van der Waals surface area contributed by atoms with Crippen molar-refractivity contribution in [2.45, 2.75) is 51.3 Å². The Morgan fingerprint density at radius 1 is 1.28 bits per heavy atom. The van der Waals surface area contributed by atoms with Gasteiger partial charge in [0.05, 0.1) is 22.4 Å². The maximum atomic E-state index is 14.1. The van der Waals surface area contributed by atoms with Gasteiger partial charge in [0.2, 0.25) is 0 Å². The van der Waals surface area contributed by atoms with Crippen molar-refractivity contribution in [3.05, 3.63) is 63.9 Å². The number of benzene rings is 1. The van der Waals surface area contributed by atoms with Gasteiger partial charge in [0.25, 0.3) is 5.91 Å². The Balaban J connectivity index is 2.20. The van der Waals surface area contributed by atoms with Crippen LogP contribution in [0.3, 0.4) is 0 Å². The highest BCUT2D eigenvalue weighted by Crippen LogP contribution is 2.22. The van der Waals surface area contributed by atoms with E-state index in [0.717, 1.165) is 6.07 Å². The topological polar surface area (TPSA) is 77.2 Å². The summed E-state index contributed by atoms with van der Waals surface area (Å²) in [6.07, 6.45) is 1.37. The van der Waals surface area contributed by atoms with Crippen molar-refractivity contribution in [1.29, 1.82) is 0 Å². The molecule has 0 aliphatic rings. The first-order valence-corrected chi connectivity index (χ1v) is 9.58. The van der Waals surface area contributed by atoms with Crippen molar-refractivity contribution in [3.8, 4) is 0 Å². The summed E-state index contributed by atoms with van der Waals surface area (Å²) < 4.78 is 32.9. The molecular weight excluding hydrogens is 400 g/mol. The Morgan fingerprint density at radius 2 is 1.97 bits per heavy atom. The first-order chi connectivity index (χ1) is 13.5. The van der Waals surface area contributed by atoms with Crippen molar-refractivity contribution in [2.24, 2.45) is 5.73 Å². The third-order valence-corrected chi connectivity index (χ3v) is 4.63. The fourth-order valence-electron chi connectivity index (χ4n) is 2.92. The van der Waals surface area contributed by atoms with Gasteiger partial charge in [0.1, 0.15) is 11.6 Å². The zero-order valence-electron chi connectivity index (χ0n) is 16.9. The van der Waals surface area contributed by atoms with Gasteiger partial charge >= 0.3 is 0 Å². The standard InChI is InChI=1S/C21H26ClF2N3O2/c1-21(2,3)27-20(28)13-6-5-7-26-18(13)11-19(29-4)17(25)9-12-8-14(22)16(24)10-15(12)23/h5-8,10,17,19H,9,11,25H2,1-4H3,(H,27,28). The van der Waals surface area contributed by atoms with Crippen LogP contribution < -0.4 is 11.1 Å². The average molecular weight is 426 g/mol. The molecule has 0 fully saturated rings. The molecular formula is C21H26ClF2N3O2. The van der Waals surface area contributed by atoms with E-state index < -0.39 is 29.3 Å². The maximum absolute atomic E-state index is 14.1. The molecule has 0 saturated carbocycles. The number of methoxy groups -OCH3 is 1. The molecule has 3 N–H and O–H groups in total. The van der Waals surface area contributed by atoms with Crippen LogP contribution in [-0.2, 0) is 17.6 Å². The van der Waals surface area contributed by atoms with Crippen LogP contribution in [-0.4, -0.2) is 35.7 Å². The average Bonchev–Trinajstić information content (AvgIpc) is 2.62. The largest absolute Gasteiger partial charge is 0.379 e. The Morgan fingerprint density at radius 3 is 2.59 bits per heavy atom. The van der Waals surface area contributed by atoms with Crippen LogP contribution in [0.2, 0.25) is 5.02 Å². The summed E-state index contributed by atoms with van der Waals surface area (Å²) in [4.78, 5) is 16.9. The van der Waals surface area contributed by atoms with Crippen LogP contribution in [0.4, 0.5) is 8.78 Å². The van der Waals surface area contributed by atoms with Gasteiger partial charge < -0.3 is 15.8 Å². The predicted molar refractivity (Wildman–Crippen MR) is 109 cm³/mol. The van der Waals surface area contributed by atoms with Crippen LogP contribution in [0, 0.1) is 11.6 Å². The number of hydrogen-bond acceptors (Lipinski definition) is 4. The minimum atomic E-state index is -0.826. The fourth-order valence-corrected chi connectivity index (χ4v) is 3.11. The summed E-state index contributed by atoms with van der Waals surface area (Å²) in [7, 11) is 1.48. The number of amides is 1. The van der Waals surface area contributed by atoms with Gasteiger partial charge in [-0.1, -0.05) is 11.6 Å². The summed E-state index contributed by atoms with van der Waals surface area (Å²) in [6.45, 7) is 5.66. The molecule has 0 aliphatic heterocycles. The highest BCUT2D eigenvalue weighted by Gasteiger charge is 2.25. The lowest BCUT2D eigenvalue weighted by molar-refractivity contribution is 0.0787. The summed E-state index contributed by atoms with van der Waals surface area (Å²) in [5, 5.41) is 2.73. The molecule has 1 aromatic carbocycles. The van der Waals surface area contributed by atoms with E-state index in [1.54, 1.807) is 18.3 Å². The lowest BCUT2D eigenvalue weighted by Gasteiger charge is -2.25. The summed E-state index contributed by atoms with van der Waals surface area (Å²) in [5.74, 6) is -1.80. The summed E-state index contributed by atoms with van der Waals surface area (Å²) in [6, 6.07) is 4.69. The minimum Gasteiger partial charge on any atom is -0.379 e. The second-order valence-electron chi connectivity index (χ2n) is 7.91. The van der Waals surface area contributed by atoms with E-state index in [1.807, 2.05) is 20.8 Å². The van der Waals surface area contributed by atoms with E-state index >= 15 is 0 Å². The van der Waals surface area contributed by atoms with Gasteiger partial charge in [0, 0.05) is 37.4 Å². The molecule has 0 bridgehead atoms. The molecule has 1 amide bonds. The smallest absolute Gasteiger partial charge is 0.253 e. The Bertz CT molecular complexity index is 871. The predicted octanol–water partition coefficient (Wildman–Crippen LogP) is 3.67. The zero-order valence-corrected chi connectivity index (χ0v) is 17.7. The molecule has 0 saturated heterocycles. The molecule has 1 heterocycles. The van der Waals surface area contributed by atoms with Gasteiger partial charge in [-0.15, -0.1) is 0 Å². The maximum Gasteiger partial charge on any atom is 0.253 e. The first-order valence-electron chi connectivity index (χ1n) is 9.20. The quantitative estimate of drug-likeness (QED) is 0.663. The van der Waals surface area contributed by atoms with Crippen molar-refractivity contribution in [3.63, 3.8) is 0 Å². The van der Waals surface area contributed by atoms with Gasteiger partial charge in [-0.25, -0.2) is 8.78 Å². The molecule has 0 aliphatic carbocycles. The highest BCUT2D eigenvalue weighted by atomic mass is 35.5. The summed E-state index contributed by atoms with van der Waals surface area (Å²) in [5.41, 5.74) is 6.97. The van der Waals surface area contributed by atoms with E-state index in [4.69, 9.17) is 22.1 Å². The molecule has 158 valence electrons. The number of nitrogens with zero attached hydrogens (tertiary/aromatic N) is 1. The second-order valence-corrected chi connectivity index (χ2v) is 8.31.